The lowest BCUT2D eigenvalue weighted by Crippen LogP contribution is -1.91. The number of aromatic nitrogens is 4. The number of fused-ring (bicyclic) bond motifs is 1. The van der Waals surface area contributed by atoms with E-state index in [-0.39, 0.29) is 0 Å². The molecule has 0 saturated carbocycles. The van der Waals surface area contributed by atoms with Crippen LogP contribution in [-0.2, 0) is 0 Å². The van der Waals surface area contributed by atoms with Crippen molar-refractivity contribution in [3.63, 3.8) is 0 Å². The van der Waals surface area contributed by atoms with E-state index >= 15 is 0 Å². The Morgan fingerprint density at radius 1 is 0.950 bits per heavy atom. The van der Waals surface area contributed by atoms with E-state index in [1.807, 2.05) is 0 Å². The lowest BCUT2D eigenvalue weighted by atomic mass is 10.0. The second-order valence-electron chi connectivity index (χ2n) is 4.85. The van der Waals surface area contributed by atoms with Gasteiger partial charge in [0.25, 0.3) is 0 Å². The van der Waals surface area contributed by atoms with Crippen molar-refractivity contribution in [2.75, 3.05) is 0 Å². The van der Waals surface area contributed by atoms with Gasteiger partial charge in [-0.15, -0.1) is 0 Å². The van der Waals surface area contributed by atoms with E-state index in [4.69, 9.17) is 0 Å². The standard InChI is InChI=1S/C16H14N4/c1-10-6-11(2)13(12(3)7-10)4-5-14-15-16(19-8-17-14)20-9-18-15/h6-9H,1-3H3,(H,17,18,19,20). The Labute approximate surface area is 117 Å². The molecule has 0 aliphatic heterocycles. The van der Waals surface area contributed by atoms with Gasteiger partial charge in [-0.2, -0.15) is 0 Å². The third-order valence-electron chi connectivity index (χ3n) is 3.21. The van der Waals surface area contributed by atoms with Crippen molar-refractivity contribution >= 4 is 11.2 Å². The van der Waals surface area contributed by atoms with E-state index in [0.717, 1.165) is 11.1 Å². The fourth-order valence-corrected chi connectivity index (χ4v) is 2.36. The van der Waals surface area contributed by atoms with Gasteiger partial charge in [0.15, 0.2) is 5.65 Å². The Balaban J connectivity index is 2.11. The van der Waals surface area contributed by atoms with Gasteiger partial charge in [0, 0.05) is 5.56 Å². The minimum Gasteiger partial charge on any atom is -0.341 e. The van der Waals surface area contributed by atoms with Gasteiger partial charge in [-0.05, 0) is 37.8 Å². The van der Waals surface area contributed by atoms with Crippen molar-refractivity contribution in [1.82, 2.24) is 19.9 Å². The largest absolute Gasteiger partial charge is 0.341 e. The van der Waals surface area contributed by atoms with Gasteiger partial charge in [0.1, 0.15) is 17.5 Å². The van der Waals surface area contributed by atoms with Crippen LogP contribution in [0.1, 0.15) is 27.9 Å². The first kappa shape index (κ1) is 12.4. The van der Waals surface area contributed by atoms with E-state index in [1.165, 1.54) is 23.0 Å². The molecule has 2 heterocycles. The number of nitrogens with zero attached hydrogens (tertiary/aromatic N) is 3. The maximum absolute atomic E-state index is 4.22. The third-order valence-corrected chi connectivity index (χ3v) is 3.21. The molecule has 0 saturated heterocycles. The summed E-state index contributed by atoms with van der Waals surface area (Å²) in [5, 5.41) is 0. The average molecular weight is 262 g/mol. The third kappa shape index (κ3) is 2.14. The predicted molar refractivity (Wildman–Crippen MR) is 78.3 cm³/mol. The monoisotopic (exact) mass is 262 g/mol. The lowest BCUT2D eigenvalue weighted by Gasteiger charge is -2.04. The molecule has 0 atom stereocenters. The van der Waals surface area contributed by atoms with Crippen LogP contribution >= 0.6 is 0 Å². The van der Waals surface area contributed by atoms with Crippen LogP contribution in [0, 0.1) is 32.6 Å². The van der Waals surface area contributed by atoms with E-state index in [2.05, 4.69) is 64.7 Å². The molecule has 4 nitrogen and oxygen atoms in total. The normalized spacial score (nSPS) is 10.3. The summed E-state index contributed by atoms with van der Waals surface area (Å²) in [6.07, 6.45) is 3.09. The smallest absolute Gasteiger partial charge is 0.181 e. The summed E-state index contributed by atoms with van der Waals surface area (Å²) in [4.78, 5) is 15.4. The first-order valence-corrected chi connectivity index (χ1v) is 6.39. The molecule has 0 aliphatic carbocycles. The second kappa shape index (κ2) is 4.78. The van der Waals surface area contributed by atoms with Crippen LogP contribution < -0.4 is 0 Å². The quantitative estimate of drug-likeness (QED) is 0.634. The first-order valence-electron chi connectivity index (χ1n) is 6.39. The molecule has 0 bridgehead atoms. The van der Waals surface area contributed by atoms with Crippen LogP contribution in [0.2, 0.25) is 0 Å². The number of nitrogens with one attached hydrogen (secondary N) is 1. The molecule has 1 aromatic carbocycles. The highest BCUT2D eigenvalue weighted by Crippen LogP contribution is 2.15. The van der Waals surface area contributed by atoms with E-state index < -0.39 is 0 Å². The van der Waals surface area contributed by atoms with Crippen LogP contribution in [-0.4, -0.2) is 19.9 Å². The molecule has 4 heteroatoms. The number of hydrogen-bond acceptors (Lipinski definition) is 3. The molecular weight excluding hydrogens is 248 g/mol. The number of rotatable bonds is 0. The van der Waals surface area contributed by atoms with Crippen molar-refractivity contribution < 1.29 is 0 Å². The Kier molecular flexibility index (Phi) is 2.96. The van der Waals surface area contributed by atoms with E-state index in [1.54, 1.807) is 6.33 Å². The van der Waals surface area contributed by atoms with Crippen molar-refractivity contribution in [1.29, 1.82) is 0 Å². The van der Waals surface area contributed by atoms with Crippen LogP contribution in [0.5, 0.6) is 0 Å². The Hall–Kier alpha value is -2.67. The average Bonchev–Trinajstić information content (AvgIpc) is 2.86. The lowest BCUT2D eigenvalue weighted by molar-refractivity contribution is 1.18. The Bertz CT molecular complexity index is 827. The maximum atomic E-state index is 4.22. The minimum absolute atomic E-state index is 0.640. The SMILES string of the molecule is Cc1cc(C)c(C#Cc2ncnc3nc[nH]c23)c(C)c1. The maximum Gasteiger partial charge on any atom is 0.181 e. The van der Waals surface area contributed by atoms with Gasteiger partial charge < -0.3 is 4.98 Å². The summed E-state index contributed by atoms with van der Waals surface area (Å²) >= 11 is 0. The fraction of sp³-hybridized carbons (Fsp3) is 0.188. The van der Waals surface area contributed by atoms with E-state index in [9.17, 15) is 0 Å². The summed E-state index contributed by atoms with van der Waals surface area (Å²) in [5.41, 5.74) is 6.77. The van der Waals surface area contributed by atoms with Gasteiger partial charge in [0.2, 0.25) is 0 Å². The number of H-pyrrole nitrogens is 1. The highest BCUT2D eigenvalue weighted by Gasteiger charge is 2.04. The molecule has 0 spiro atoms. The number of hydrogen-bond donors (Lipinski definition) is 1. The first-order chi connectivity index (χ1) is 9.65. The summed E-state index contributed by atoms with van der Waals surface area (Å²) in [6.45, 7) is 6.25. The molecule has 98 valence electrons. The predicted octanol–water partition coefficient (Wildman–Crippen LogP) is 2.68. The molecule has 3 rings (SSSR count). The van der Waals surface area contributed by atoms with Crippen LogP contribution in [0.25, 0.3) is 11.2 Å². The summed E-state index contributed by atoms with van der Waals surface area (Å²) in [7, 11) is 0. The summed E-state index contributed by atoms with van der Waals surface area (Å²) in [6, 6.07) is 4.28. The minimum atomic E-state index is 0.640. The second-order valence-corrected chi connectivity index (χ2v) is 4.85. The molecule has 0 radical (unpaired) electrons. The fourth-order valence-electron chi connectivity index (χ4n) is 2.36. The van der Waals surface area contributed by atoms with E-state index in [0.29, 0.717) is 11.3 Å². The van der Waals surface area contributed by atoms with Gasteiger partial charge >= 0.3 is 0 Å². The molecule has 1 N–H and O–H groups in total. The zero-order chi connectivity index (χ0) is 14.1. The Morgan fingerprint density at radius 2 is 1.70 bits per heavy atom. The molecular formula is C16H14N4. The molecule has 0 aliphatic rings. The van der Waals surface area contributed by atoms with Gasteiger partial charge in [-0.1, -0.05) is 23.6 Å². The van der Waals surface area contributed by atoms with Gasteiger partial charge in [-0.3, -0.25) is 0 Å². The van der Waals surface area contributed by atoms with Gasteiger partial charge in [0.05, 0.1) is 6.33 Å². The highest BCUT2D eigenvalue weighted by atomic mass is 15.0. The van der Waals surface area contributed by atoms with Crippen LogP contribution in [0.3, 0.4) is 0 Å². The molecule has 2 aromatic heterocycles. The molecule has 0 fully saturated rings. The Morgan fingerprint density at radius 3 is 2.45 bits per heavy atom. The molecule has 0 unspecified atom stereocenters. The van der Waals surface area contributed by atoms with Crippen molar-refractivity contribution in [3.8, 4) is 11.8 Å². The molecule has 20 heavy (non-hydrogen) atoms. The number of imidazole rings is 1. The zero-order valence-electron chi connectivity index (χ0n) is 11.7. The zero-order valence-corrected chi connectivity index (χ0v) is 11.7. The number of benzene rings is 1. The number of aromatic amines is 1. The number of aryl methyl sites for hydroxylation is 3. The van der Waals surface area contributed by atoms with Crippen molar-refractivity contribution in [3.05, 3.63) is 52.7 Å². The highest BCUT2D eigenvalue weighted by molar-refractivity contribution is 5.75. The molecule has 0 amide bonds. The van der Waals surface area contributed by atoms with Crippen molar-refractivity contribution in [2.24, 2.45) is 0 Å². The van der Waals surface area contributed by atoms with Crippen molar-refractivity contribution in [2.45, 2.75) is 20.8 Å². The topological polar surface area (TPSA) is 54.5 Å². The van der Waals surface area contributed by atoms with Crippen LogP contribution in [0.15, 0.2) is 24.8 Å². The van der Waals surface area contributed by atoms with Crippen LogP contribution in [0.4, 0.5) is 0 Å². The summed E-state index contributed by atoms with van der Waals surface area (Å²) < 4.78 is 0. The summed E-state index contributed by atoms with van der Waals surface area (Å²) in [5.74, 6) is 6.34. The molecule has 3 aromatic rings. The van der Waals surface area contributed by atoms with Gasteiger partial charge in [-0.25, -0.2) is 15.0 Å².